The Labute approximate surface area is 256 Å². The first-order chi connectivity index (χ1) is 19.8. The Balaban J connectivity index is 2.59. The largest absolute Gasteiger partial charge is 0.0654 e. The van der Waals surface area contributed by atoms with E-state index < -0.39 is 0 Å². The third-order valence-corrected chi connectivity index (χ3v) is 10.8. The zero-order chi connectivity index (χ0) is 28.9. The van der Waals surface area contributed by atoms with Gasteiger partial charge in [-0.3, -0.25) is 0 Å². The quantitative estimate of drug-likeness (QED) is 0.0718. The van der Waals surface area contributed by atoms with Crippen molar-refractivity contribution in [3.05, 3.63) is 0 Å². The maximum atomic E-state index is 2.34. The van der Waals surface area contributed by atoms with Gasteiger partial charge in [0.05, 0.1) is 0 Å². The molecule has 0 bridgehead atoms. The van der Waals surface area contributed by atoms with Gasteiger partial charge in [0.2, 0.25) is 0 Å². The third-order valence-electron chi connectivity index (χ3n) is 10.8. The fourth-order valence-corrected chi connectivity index (χ4v) is 8.19. The molecule has 0 spiro atoms. The van der Waals surface area contributed by atoms with Crippen molar-refractivity contribution < 1.29 is 0 Å². The highest BCUT2D eigenvalue weighted by Crippen LogP contribution is 2.55. The van der Waals surface area contributed by atoms with Crippen LogP contribution in [-0.4, -0.2) is 0 Å². The van der Waals surface area contributed by atoms with Gasteiger partial charge in [0.25, 0.3) is 0 Å². The number of hydrogen-bond donors (Lipinski definition) is 0. The zero-order valence-electron chi connectivity index (χ0n) is 28.9. The summed E-state index contributed by atoms with van der Waals surface area (Å²) < 4.78 is 0. The molecule has 0 unspecified atom stereocenters. The number of rotatable bonds is 32. The second-order valence-electron chi connectivity index (χ2n) is 14.3. The van der Waals surface area contributed by atoms with E-state index in [0.29, 0.717) is 0 Å². The van der Waals surface area contributed by atoms with Crippen molar-refractivity contribution in [2.75, 3.05) is 0 Å². The van der Waals surface area contributed by atoms with Crippen LogP contribution in [0.15, 0.2) is 0 Å². The second kappa shape index (κ2) is 29.1. The van der Waals surface area contributed by atoms with Gasteiger partial charge in [-0.15, -0.1) is 0 Å². The molecule has 0 heterocycles. The lowest BCUT2D eigenvalue weighted by atomic mass is 9.51. The predicted octanol–water partition coefficient (Wildman–Crippen LogP) is 15.0. The van der Waals surface area contributed by atoms with Crippen LogP contribution in [0.1, 0.15) is 233 Å². The molecule has 1 fully saturated rings. The Morgan fingerprint density at radius 2 is 0.350 bits per heavy atom. The third kappa shape index (κ3) is 19.2. The maximum absolute atomic E-state index is 2.34. The van der Waals surface area contributed by atoms with E-state index in [1.165, 1.54) is 180 Å². The lowest BCUT2D eigenvalue weighted by Gasteiger charge is -2.54. The van der Waals surface area contributed by atoms with Crippen molar-refractivity contribution >= 4 is 0 Å². The first kappa shape index (κ1) is 38.0. The van der Waals surface area contributed by atoms with E-state index in [-0.39, 0.29) is 0 Å². The molecule has 0 heteroatoms. The van der Waals surface area contributed by atoms with Crippen molar-refractivity contribution in [2.24, 2.45) is 23.7 Å². The van der Waals surface area contributed by atoms with Crippen molar-refractivity contribution in [2.45, 2.75) is 233 Å². The molecule has 0 amide bonds. The molecule has 40 heavy (non-hydrogen) atoms. The Bertz CT molecular complexity index is 384. The van der Waals surface area contributed by atoms with Crippen LogP contribution < -0.4 is 0 Å². The SMILES string of the molecule is CCCCCCCCCC1C(CCCCCCCCC)C(CCCCCCCCC)C1CCCCCCCCC. The van der Waals surface area contributed by atoms with Gasteiger partial charge < -0.3 is 0 Å². The van der Waals surface area contributed by atoms with Crippen LogP contribution in [0, 0.1) is 23.7 Å². The molecule has 0 saturated heterocycles. The van der Waals surface area contributed by atoms with E-state index >= 15 is 0 Å². The van der Waals surface area contributed by atoms with Gasteiger partial charge in [0.1, 0.15) is 0 Å². The summed E-state index contributed by atoms with van der Waals surface area (Å²) in [7, 11) is 0. The van der Waals surface area contributed by atoms with Crippen molar-refractivity contribution in [3.63, 3.8) is 0 Å². The molecule has 0 aromatic heterocycles. The summed E-state index contributed by atoms with van der Waals surface area (Å²) in [6.07, 6.45) is 47.6. The summed E-state index contributed by atoms with van der Waals surface area (Å²) in [6.45, 7) is 9.37. The fraction of sp³-hybridized carbons (Fsp3) is 1.00. The molecule has 1 aliphatic rings. The van der Waals surface area contributed by atoms with Gasteiger partial charge in [0, 0.05) is 0 Å². The number of unbranched alkanes of at least 4 members (excludes halogenated alkanes) is 24. The Kier molecular flexibility index (Phi) is 27.7. The zero-order valence-corrected chi connectivity index (χ0v) is 28.9. The van der Waals surface area contributed by atoms with Crippen LogP contribution in [0.4, 0.5) is 0 Å². The molecular weight excluding hydrogens is 480 g/mol. The normalized spacial score (nSPS) is 20.7. The molecule has 1 saturated carbocycles. The van der Waals surface area contributed by atoms with Crippen LogP contribution in [0.3, 0.4) is 0 Å². The standard InChI is InChI=1S/C40H80/c1-5-9-13-17-21-25-29-33-37-38(34-30-26-22-18-14-10-6-2)40(36-32-28-24-20-16-12-8-4)39(37)35-31-27-23-19-15-11-7-3/h37-40H,5-36H2,1-4H3. The first-order valence-corrected chi connectivity index (χ1v) is 19.8. The van der Waals surface area contributed by atoms with Crippen molar-refractivity contribution in [1.82, 2.24) is 0 Å². The van der Waals surface area contributed by atoms with Gasteiger partial charge in [0.15, 0.2) is 0 Å². The fourth-order valence-electron chi connectivity index (χ4n) is 8.19. The van der Waals surface area contributed by atoms with Gasteiger partial charge >= 0.3 is 0 Å². The summed E-state index contributed by atoms with van der Waals surface area (Å²) in [4.78, 5) is 0. The Morgan fingerprint density at radius 1 is 0.200 bits per heavy atom. The summed E-state index contributed by atoms with van der Waals surface area (Å²) in [6, 6.07) is 0. The van der Waals surface area contributed by atoms with Crippen LogP contribution in [0.2, 0.25) is 0 Å². The highest BCUT2D eigenvalue weighted by molar-refractivity contribution is 4.96. The monoisotopic (exact) mass is 561 g/mol. The van der Waals surface area contributed by atoms with Gasteiger partial charge in [-0.25, -0.2) is 0 Å². The first-order valence-electron chi connectivity index (χ1n) is 19.8. The Morgan fingerprint density at radius 3 is 0.525 bits per heavy atom. The van der Waals surface area contributed by atoms with E-state index in [1.807, 2.05) is 0 Å². The number of hydrogen-bond acceptors (Lipinski definition) is 0. The van der Waals surface area contributed by atoms with Crippen molar-refractivity contribution in [1.29, 1.82) is 0 Å². The minimum absolute atomic E-state index is 1.09. The molecule has 0 aliphatic heterocycles. The Hall–Kier alpha value is 0. The van der Waals surface area contributed by atoms with Gasteiger partial charge in [-0.05, 0) is 49.4 Å². The van der Waals surface area contributed by atoms with E-state index in [9.17, 15) is 0 Å². The lowest BCUT2D eigenvalue weighted by Crippen LogP contribution is -2.46. The van der Waals surface area contributed by atoms with Gasteiger partial charge in [-0.2, -0.15) is 0 Å². The molecule has 0 aromatic carbocycles. The summed E-state index contributed by atoms with van der Waals surface area (Å²) in [5.41, 5.74) is 0. The molecule has 1 aliphatic carbocycles. The van der Waals surface area contributed by atoms with Crippen LogP contribution in [-0.2, 0) is 0 Å². The highest BCUT2D eigenvalue weighted by Gasteiger charge is 2.47. The van der Waals surface area contributed by atoms with E-state index in [4.69, 9.17) is 0 Å². The van der Waals surface area contributed by atoms with Crippen LogP contribution >= 0.6 is 0 Å². The molecule has 0 nitrogen and oxygen atoms in total. The second-order valence-corrected chi connectivity index (χ2v) is 14.3. The lowest BCUT2D eigenvalue weighted by molar-refractivity contribution is -0.0486. The molecular formula is C40H80. The molecule has 0 N–H and O–H groups in total. The smallest absolute Gasteiger partial charge is 0.0352 e. The summed E-state index contributed by atoms with van der Waals surface area (Å²) >= 11 is 0. The van der Waals surface area contributed by atoms with E-state index in [1.54, 1.807) is 25.7 Å². The highest BCUT2D eigenvalue weighted by atomic mass is 14.5. The van der Waals surface area contributed by atoms with E-state index in [2.05, 4.69) is 27.7 Å². The minimum Gasteiger partial charge on any atom is -0.0654 e. The average molecular weight is 561 g/mol. The molecule has 0 atom stereocenters. The predicted molar refractivity (Wildman–Crippen MR) is 184 cm³/mol. The summed E-state index contributed by atoms with van der Waals surface area (Å²) in [5.74, 6) is 4.35. The van der Waals surface area contributed by atoms with Crippen LogP contribution in [0.5, 0.6) is 0 Å². The van der Waals surface area contributed by atoms with Crippen molar-refractivity contribution in [3.8, 4) is 0 Å². The van der Waals surface area contributed by atoms with E-state index in [0.717, 1.165) is 23.7 Å². The molecule has 0 aromatic rings. The summed E-state index contributed by atoms with van der Waals surface area (Å²) in [5, 5.41) is 0. The topological polar surface area (TPSA) is 0 Å². The molecule has 0 radical (unpaired) electrons. The minimum atomic E-state index is 1.09. The molecule has 240 valence electrons. The van der Waals surface area contributed by atoms with Crippen LogP contribution in [0.25, 0.3) is 0 Å². The maximum Gasteiger partial charge on any atom is -0.0352 e. The van der Waals surface area contributed by atoms with Gasteiger partial charge in [-0.1, -0.05) is 207 Å². The average Bonchev–Trinajstić information content (AvgIpc) is 2.96. The molecule has 1 rings (SSSR count).